The molecule has 0 radical (unpaired) electrons. The van der Waals surface area contributed by atoms with Crippen molar-refractivity contribution in [2.75, 3.05) is 11.9 Å². The highest BCUT2D eigenvalue weighted by Crippen LogP contribution is 2.47. The first-order valence-electron chi connectivity index (χ1n) is 5.35. The molecule has 0 aromatic heterocycles. The number of carboxylic acid groups (broad SMARTS) is 1. The van der Waals surface area contributed by atoms with Crippen molar-refractivity contribution in [3.63, 3.8) is 0 Å². The second-order valence-electron chi connectivity index (χ2n) is 3.99. The summed E-state index contributed by atoms with van der Waals surface area (Å²) in [6.45, 7) is -0.882. The van der Waals surface area contributed by atoms with E-state index in [1.807, 2.05) is 0 Å². The summed E-state index contributed by atoms with van der Waals surface area (Å²) in [6, 6.07) is 1.30. The van der Waals surface area contributed by atoms with Crippen LogP contribution in [0, 0.1) is 5.92 Å². The lowest BCUT2D eigenvalue weighted by Crippen LogP contribution is -2.36. The third-order valence-corrected chi connectivity index (χ3v) is 3.73. The predicted octanol–water partition coefficient (Wildman–Crippen LogP) is 4.39. The first-order valence-corrected chi connectivity index (χ1v) is 6.84. The Morgan fingerprint density at radius 2 is 1.95 bits per heavy atom. The minimum Gasteiger partial charge on any atom is -0.481 e. The second-order valence-corrected chi connectivity index (χ2v) is 5.33. The van der Waals surface area contributed by atoms with Crippen LogP contribution in [0.1, 0.15) is 0 Å². The van der Waals surface area contributed by atoms with E-state index in [2.05, 4.69) is 14.0 Å². The smallest absolute Gasteiger partial charge is 0.403 e. The molecule has 11 heteroatoms. The summed E-state index contributed by atoms with van der Waals surface area (Å²) in [5, 5.41) is 11.2. The van der Waals surface area contributed by atoms with Gasteiger partial charge in [0, 0.05) is 6.54 Å². The fourth-order valence-corrected chi connectivity index (χ4v) is 2.77. The van der Waals surface area contributed by atoms with Gasteiger partial charge in [0.25, 0.3) is 0 Å². The molecule has 5 nitrogen and oxygen atoms in total. The molecule has 1 atom stereocenters. The number of nitrogens with zero attached hydrogens (tertiary/aromatic N) is 2. The molecule has 0 spiro atoms. The molecule has 2 N–H and O–H groups in total. The first-order chi connectivity index (χ1) is 9.71. The minimum absolute atomic E-state index is 0.0338. The standard InChI is InChI=1S/C10H6Cl2F3N3O2S/c11-4-1-5(12)7-8(18-21-17-7)6(4)16-2-3(9(19)20)10(13,14)15/h1,3,16H,2H2,(H,19,20). The van der Waals surface area contributed by atoms with Crippen LogP contribution in [0.3, 0.4) is 0 Å². The third kappa shape index (κ3) is 3.30. The molecule has 1 aromatic rings. The zero-order valence-electron chi connectivity index (χ0n) is 9.91. The van der Waals surface area contributed by atoms with Crippen molar-refractivity contribution in [3.8, 4) is 0 Å². The highest BCUT2D eigenvalue weighted by atomic mass is 35.5. The Bertz CT molecular complexity index is 674. The number of anilines is 1. The second kappa shape index (κ2) is 5.82. The molecule has 0 saturated heterocycles. The van der Waals surface area contributed by atoms with Gasteiger partial charge in [-0.2, -0.15) is 21.9 Å². The Balaban J connectivity index is 2.28. The number of aliphatic carboxylic acids is 1. The number of alkyl halides is 3. The topological polar surface area (TPSA) is 74.0 Å². The summed E-state index contributed by atoms with van der Waals surface area (Å²) in [7, 11) is 0. The lowest BCUT2D eigenvalue weighted by Gasteiger charge is -2.18. The molecule has 114 valence electrons. The van der Waals surface area contributed by atoms with Gasteiger partial charge in [-0.25, -0.2) is 0 Å². The van der Waals surface area contributed by atoms with E-state index in [0.717, 1.165) is 11.4 Å². The first kappa shape index (κ1) is 16.1. The van der Waals surface area contributed by atoms with E-state index in [-0.39, 0.29) is 27.1 Å². The van der Waals surface area contributed by atoms with Gasteiger partial charge in [0.15, 0.2) is 5.92 Å². The van der Waals surface area contributed by atoms with Crippen molar-refractivity contribution in [1.29, 1.82) is 0 Å². The summed E-state index contributed by atoms with van der Waals surface area (Å²) in [5.41, 5.74) is 0.552. The van der Waals surface area contributed by atoms with Crippen LogP contribution in [0.2, 0.25) is 10.0 Å². The third-order valence-electron chi connectivity index (χ3n) is 2.62. The lowest BCUT2D eigenvalue weighted by molar-refractivity contribution is -0.190. The minimum atomic E-state index is -4.88. The zero-order valence-corrected chi connectivity index (χ0v) is 12.2. The molecule has 1 aliphatic rings. The highest BCUT2D eigenvalue weighted by Gasteiger charge is 2.45. The molecule has 1 aliphatic heterocycles. The molecule has 0 bridgehead atoms. The van der Waals surface area contributed by atoms with Gasteiger partial charge < -0.3 is 10.4 Å². The SMILES string of the molecule is O=C(O)C(CNc1c(Cl)cc(Cl)c2c1N=S=N2)C(F)(F)F. The van der Waals surface area contributed by atoms with Crippen LogP contribution < -0.4 is 5.32 Å². The van der Waals surface area contributed by atoms with Crippen LogP contribution in [-0.4, -0.2) is 23.8 Å². The molecule has 21 heavy (non-hydrogen) atoms. The summed E-state index contributed by atoms with van der Waals surface area (Å²) in [4.78, 5) is 10.7. The van der Waals surface area contributed by atoms with Crippen LogP contribution in [0.25, 0.3) is 0 Å². The number of halogens is 5. The molecular weight excluding hydrogens is 354 g/mol. The van der Waals surface area contributed by atoms with E-state index in [4.69, 9.17) is 28.3 Å². The Hall–Kier alpha value is -1.32. The molecule has 0 saturated carbocycles. The number of benzene rings is 1. The number of nitrogens with one attached hydrogen (secondary N) is 1. The van der Waals surface area contributed by atoms with E-state index >= 15 is 0 Å². The van der Waals surface area contributed by atoms with Gasteiger partial charge in [0.2, 0.25) is 0 Å². The molecule has 1 unspecified atom stereocenters. The van der Waals surface area contributed by atoms with Crippen molar-refractivity contribution in [1.82, 2.24) is 0 Å². The summed E-state index contributed by atoms with van der Waals surface area (Å²) >= 11 is 12.6. The number of rotatable bonds is 4. The van der Waals surface area contributed by atoms with Crippen molar-refractivity contribution >= 4 is 57.6 Å². The lowest BCUT2D eigenvalue weighted by atomic mass is 10.1. The van der Waals surface area contributed by atoms with Gasteiger partial charge in [-0.1, -0.05) is 23.2 Å². The van der Waals surface area contributed by atoms with Gasteiger partial charge in [-0.3, -0.25) is 4.79 Å². The van der Waals surface area contributed by atoms with Crippen LogP contribution in [0.5, 0.6) is 0 Å². The molecule has 2 rings (SSSR count). The maximum Gasteiger partial charge on any atom is 0.403 e. The quantitative estimate of drug-likeness (QED) is 0.849. The van der Waals surface area contributed by atoms with Crippen molar-refractivity contribution in [3.05, 3.63) is 16.1 Å². The highest BCUT2D eigenvalue weighted by molar-refractivity contribution is 7.58. The Morgan fingerprint density at radius 3 is 2.52 bits per heavy atom. The van der Waals surface area contributed by atoms with Gasteiger partial charge in [-0.15, -0.1) is 0 Å². The zero-order chi connectivity index (χ0) is 15.8. The molecule has 0 fully saturated rings. The van der Waals surface area contributed by atoms with Gasteiger partial charge in [0.1, 0.15) is 11.4 Å². The summed E-state index contributed by atoms with van der Waals surface area (Å²) in [6.07, 6.45) is -4.88. The molecular formula is C10H6Cl2F3N3O2S. The van der Waals surface area contributed by atoms with Crippen LogP contribution in [0.15, 0.2) is 14.8 Å². The van der Waals surface area contributed by atoms with Crippen molar-refractivity contribution < 1.29 is 23.1 Å². The Kier molecular flexibility index (Phi) is 4.45. The maximum absolute atomic E-state index is 12.6. The molecule has 1 heterocycles. The van der Waals surface area contributed by atoms with Crippen LogP contribution >= 0.6 is 23.2 Å². The van der Waals surface area contributed by atoms with Gasteiger partial charge in [0.05, 0.1) is 27.1 Å². The largest absolute Gasteiger partial charge is 0.481 e. The van der Waals surface area contributed by atoms with Gasteiger partial charge in [-0.05, 0) is 6.07 Å². The number of carboxylic acids is 1. The van der Waals surface area contributed by atoms with Crippen LogP contribution in [0.4, 0.5) is 30.2 Å². The molecule has 0 aliphatic carbocycles. The Labute approximate surface area is 129 Å². The van der Waals surface area contributed by atoms with Gasteiger partial charge >= 0.3 is 12.1 Å². The van der Waals surface area contributed by atoms with E-state index in [1.165, 1.54) is 6.07 Å². The normalized spacial score (nSPS) is 14.5. The average molecular weight is 360 g/mol. The van der Waals surface area contributed by atoms with Crippen LogP contribution in [-0.2, 0) is 16.1 Å². The Morgan fingerprint density at radius 1 is 1.33 bits per heavy atom. The summed E-state index contributed by atoms with van der Waals surface area (Å²) in [5.74, 6) is -4.54. The predicted molar refractivity (Wildman–Crippen MR) is 73.7 cm³/mol. The van der Waals surface area contributed by atoms with E-state index in [1.54, 1.807) is 0 Å². The molecule has 0 amide bonds. The van der Waals surface area contributed by atoms with E-state index in [9.17, 15) is 18.0 Å². The fourth-order valence-electron chi connectivity index (χ4n) is 1.59. The van der Waals surface area contributed by atoms with Crippen molar-refractivity contribution in [2.45, 2.75) is 6.18 Å². The summed E-state index contributed by atoms with van der Waals surface area (Å²) < 4.78 is 45.6. The maximum atomic E-state index is 12.6. The number of fused-ring (bicyclic) bond motifs is 1. The monoisotopic (exact) mass is 359 g/mol. The van der Waals surface area contributed by atoms with E-state index < -0.39 is 24.6 Å². The number of carbonyl (C=O) groups is 1. The number of hydrogen-bond acceptors (Lipinski definition) is 4. The van der Waals surface area contributed by atoms with Crippen molar-refractivity contribution in [2.24, 2.45) is 14.6 Å². The number of hydrogen-bond donors (Lipinski definition) is 2. The average Bonchev–Trinajstić information content (AvgIpc) is 2.80. The molecule has 1 aromatic carbocycles. The fraction of sp³-hybridized carbons (Fsp3) is 0.300. The van der Waals surface area contributed by atoms with E-state index in [0.29, 0.717) is 0 Å².